The summed E-state index contributed by atoms with van der Waals surface area (Å²) in [6, 6.07) is 5.20. The average molecular weight is 293 g/mol. The van der Waals surface area contributed by atoms with E-state index in [-0.39, 0.29) is 12.5 Å². The van der Waals surface area contributed by atoms with E-state index in [0.29, 0.717) is 37.3 Å². The molecule has 1 fully saturated rings. The summed E-state index contributed by atoms with van der Waals surface area (Å²) in [4.78, 5) is 14.0. The monoisotopic (exact) mass is 293 g/mol. The summed E-state index contributed by atoms with van der Waals surface area (Å²) in [5, 5.41) is 13.1. The minimum atomic E-state index is -0.872. The van der Waals surface area contributed by atoms with Crippen LogP contribution in [0, 0.1) is 0 Å². The highest BCUT2D eigenvalue weighted by Gasteiger charge is 2.30. The lowest BCUT2D eigenvalue weighted by atomic mass is 9.94. The third-order valence-electron chi connectivity index (χ3n) is 3.77. The van der Waals surface area contributed by atoms with Crippen LogP contribution in [-0.2, 0) is 4.74 Å². The smallest absolute Gasteiger partial charge is 0.251 e. The normalized spacial score (nSPS) is 17.3. The molecule has 1 aromatic carbocycles. The minimum absolute atomic E-state index is 0.227. The van der Waals surface area contributed by atoms with E-state index in [1.807, 2.05) is 25.1 Å². The van der Waals surface area contributed by atoms with Crippen LogP contribution in [0.15, 0.2) is 18.2 Å². The van der Waals surface area contributed by atoms with Gasteiger partial charge >= 0.3 is 0 Å². The predicted octanol–water partition coefficient (Wildman–Crippen LogP) is 0.606. The van der Waals surface area contributed by atoms with Gasteiger partial charge in [-0.3, -0.25) is 4.79 Å². The van der Waals surface area contributed by atoms with Crippen LogP contribution in [0.5, 0.6) is 0 Å². The molecule has 1 amide bonds. The van der Waals surface area contributed by atoms with E-state index in [1.165, 1.54) is 0 Å². The Hall–Kier alpha value is -1.79. The van der Waals surface area contributed by atoms with Crippen LogP contribution in [0.2, 0.25) is 0 Å². The Balaban J connectivity index is 1.98. The number of rotatable bonds is 4. The number of aliphatic hydroxyl groups is 1. The van der Waals surface area contributed by atoms with Crippen molar-refractivity contribution in [3.8, 4) is 0 Å². The molecule has 1 aliphatic heterocycles. The van der Waals surface area contributed by atoms with Crippen molar-refractivity contribution >= 4 is 17.3 Å². The molecule has 21 heavy (non-hydrogen) atoms. The third kappa shape index (κ3) is 3.86. The second-order valence-corrected chi connectivity index (χ2v) is 5.69. The number of anilines is 2. The van der Waals surface area contributed by atoms with E-state index in [2.05, 4.69) is 5.32 Å². The SMILES string of the molecule is CN(C)c1ccc(C(=O)NCC2(O)CCOCC2)cc1N. The molecular weight excluding hydrogens is 270 g/mol. The summed E-state index contributed by atoms with van der Waals surface area (Å²) < 4.78 is 5.21. The fourth-order valence-electron chi connectivity index (χ4n) is 2.38. The molecule has 0 spiro atoms. The van der Waals surface area contributed by atoms with Crippen molar-refractivity contribution in [3.05, 3.63) is 23.8 Å². The molecular formula is C15H23N3O3. The zero-order chi connectivity index (χ0) is 15.5. The number of nitrogens with two attached hydrogens (primary N) is 1. The Kier molecular flexibility index (Phi) is 4.69. The van der Waals surface area contributed by atoms with Crippen molar-refractivity contribution < 1.29 is 14.6 Å². The molecule has 1 heterocycles. The number of hydrogen-bond donors (Lipinski definition) is 3. The zero-order valence-electron chi connectivity index (χ0n) is 12.6. The van der Waals surface area contributed by atoms with E-state index in [1.54, 1.807) is 12.1 Å². The van der Waals surface area contributed by atoms with Crippen molar-refractivity contribution in [2.75, 3.05) is 44.5 Å². The molecule has 6 nitrogen and oxygen atoms in total. The van der Waals surface area contributed by atoms with Gasteiger partial charge in [0.1, 0.15) is 0 Å². The van der Waals surface area contributed by atoms with Gasteiger partial charge in [-0.05, 0) is 18.2 Å². The van der Waals surface area contributed by atoms with Crippen molar-refractivity contribution in [3.63, 3.8) is 0 Å². The molecule has 1 saturated heterocycles. The second-order valence-electron chi connectivity index (χ2n) is 5.69. The van der Waals surface area contributed by atoms with Crippen LogP contribution in [-0.4, -0.2) is 50.5 Å². The summed E-state index contributed by atoms with van der Waals surface area (Å²) in [6.07, 6.45) is 1.07. The number of carbonyl (C=O) groups excluding carboxylic acids is 1. The first-order valence-corrected chi connectivity index (χ1v) is 7.06. The van der Waals surface area contributed by atoms with Crippen LogP contribution in [0.25, 0.3) is 0 Å². The van der Waals surface area contributed by atoms with Gasteiger partial charge in [0, 0.05) is 52.3 Å². The number of nitrogens with one attached hydrogen (secondary N) is 1. The summed E-state index contributed by atoms with van der Waals surface area (Å²) in [5.41, 5.74) is 6.98. The average Bonchev–Trinajstić information content (AvgIpc) is 2.45. The van der Waals surface area contributed by atoms with Crippen LogP contribution in [0.1, 0.15) is 23.2 Å². The van der Waals surface area contributed by atoms with Gasteiger partial charge < -0.3 is 25.8 Å². The van der Waals surface area contributed by atoms with E-state index in [9.17, 15) is 9.90 Å². The topological polar surface area (TPSA) is 87.8 Å². The lowest BCUT2D eigenvalue weighted by Crippen LogP contribution is -2.46. The summed E-state index contributed by atoms with van der Waals surface area (Å²) in [7, 11) is 3.79. The van der Waals surface area contributed by atoms with Crippen molar-refractivity contribution in [2.24, 2.45) is 0 Å². The Morgan fingerprint density at radius 3 is 2.67 bits per heavy atom. The molecule has 0 aromatic heterocycles. The Labute approximate surface area is 124 Å². The molecule has 116 valence electrons. The third-order valence-corrected chi connectivity index (χ3v) is 3.77. The first-order valence-electron chi connectivity index (χ1n) is 7.06. The maximum absolute atomic E-state index is 12.1. The Morgan fingerprint density at radius 2 is 2.10 bits per heavy atom. The van der Waals surface area contributed by atoms with Crippen molar-refractivity contribution in [2.45, 2.75) is 18.4 Å². The van der Waals surface area contributed by atoms with Gasteiger partial charge in [0.2, 0.25) is 0 Å². The molecule has 0 atom stereocenters. The molecule has 1 aromatic rings. The number of nitrogen functional groups attached to an aromatic ring is 1. The molecule has 0 saturated carbocycles. The van der Waals surface area contributed by atoms with Crippen LogP contribution >= 0.6 is 0 Å². The Bertz CT molecular complexity index is 511. The number of ether oxygens (including phenoxy) is 1. The molecule has 0 unspecified atom stereocenters. The summed E-state index contributed by atoms with van der Waals surface area (Å²) in [6.45, 7) is 1.28. The van der Waals surface area contributed by atoms with Gasteiger partial charge in [-0.2, -0.15) is 0 Å². The van der Waals surface area contributed by atoms with Gasteiger partial charge in [0.25, 0.3) is 5.91 Å². The predicted molar refractivity (Wildman–Crippen MR) is 82.5 cm³/mol. The van der Waals surface area contributed by atoms with E-state index in [4.69, 9.17) is 10.5 Å². The number of carbonyl (C=O) groups is 1. The maximum Gasteiger partial charge on any atom is 0.251 e. The molecule has 0 bridgehead atoms. The van der Waals surface area contributed by atoms with E-state index < -0.39 is 5.60 Å². The van der Waals surface area contributed by atoms with Gasteiger partial charge in [-0.15, -0.1) is 0 Å². The van der Waals surface area contributed by atoms with Crippen LogP contribution in [0.4, 0.5) is 11.4 Å². The summed E-state index contributed by atoms with van der Waals surface area (Å²) in [5.74, 6) is -0.230. The van der Waals surface area contributed by atoms with Crippen LogP contribution < -0.4 is 16.0 Å². The highest BCUT2D eigenvalue weighted by molar-refractivity contribution is 5.96. The molecule has 4 N–H and O–H groups in total. The van der Waals surface area contributed by atoms with Crippen molar-refractivity contribution in [1.29, 1.82) is 0 Å². The first-order chi connectivity index (χ1) is 9.91. The number of hydrogen-bond acceptors (Lipinski definition) is 5. The fourth-order valence-corrected chi connectivity index (χ4v) is 2.38. The molecule has 0 radical (unpaired) electrons. The number of benzene rings is 1. The van der Waals surface area contributed by atoms with E-state index >= 15 is 0 Å². The lowest BCUT2D eigenvalue weighted by molar-refractivity contribution is -0.0605. The van der Waals surface area contributed by atoms with Gasteiger partial charge in [0.15, 0.2) is 0 Å². The lowest BCUT2D eigenvalue weighted by Gasteiger charge is -2.32. The zero-order valence-corrected chi connectivity index (χ0v) is 12.6. The first kappa shape index (κ1) is 15.6. The number of nitrogens with zero attached hydrogens (tertiary/aromatic N) is 1. The Morgan fingerprint density at radius 1 is 1.43 bits per heavy atom. The fraction of sp³-hybridized carbons (Fsp3) is 0.533. The molecule has 0 aliphatic carbocycles. The highest BCUT2D eigenvalue weighted by Crippen LogP contribution is 2.23. The summed E-state index contributed by atoms with van der Waals surface area (Å²) >= 11 is 0. The van der Waals surface area contributed by atoms with Crippen molar-refractivity contribution in [1.82, 2.24) is 5.32 Å². The number of amides is 1. The molecule has 2 rings (SSSR count). The van der Waals surface area contributed by atoms with Gasteiger partial charge in [0.05, 0.1) is 17.0 Å². The molecule has 1 aliphatic rings. The quantitative estimate of drug-likeness (QED) is 0.708. The second kappa shape index (κ2) is 6.32. The largest absolute Gasteiger partial charge is 0.397 e. The van der Waals surface area contributed by atoms with Crippen LogP contribution in [0.3, 0.4) is 0 Å². The van der Waals surface area contributed by atoms with Gasteiger partial charge in [-0.1, -0.05) is 0 Å². The highest BCUT2D eigenvalue weighted by atomic mass is 16.5. The minimum Gasteiger partial charge on any atom is -0.397 e. The molecule has 6 heteroatoms. The van der Waals surface area contributed by atoms with Gasteiger partial charge in [-0.25, -0.2) is 0 Å². The maximum atomic E-state index is 12.1. The standard InChI is InChI=1S/C15H23N3O3/c1-18(2)13-4-3-11(9-12(13)16)14(19)17-10-15(20)5-7-21-8-6-15/h3-4,9,20H,5-8,10,16H2,1-2H3,(H,17,19). The van der Waals surface area contributed by atoms with E-state index in [0.717, 1.165) is 5.69 Å².